The average Bonchev–Trinajstić information content (AvgIpc) is 2.26. The van der Waals surface area contributed by atoms with Gasteiger partial charge in [-0.15, -0.1) is 11.3 Å². The van der Waals surface area contributed by atoms with E-state index in [1.54, 1.807) is 17.4 Å². The molecule has 0 aliphatic carbocycles. The van der Waals surface area contributed by atoms with Crippen LogP contribution in [0.1, 0.15) is 5.56 Å². The Morgan fingerprint density at radius 1 is 1.58 bits per heavy atom. The first-order valence-corrected chi connectivity index (χ1v) is 5.70. The van der Waals surface area contributed by atoms with Crippen LogP contribution in [-0.2, 0) is 4.79 Å². The predicted molar refractivity (Wildman–Crippen MR) is 59.6 cm³/mol. The van der Waals surface area contributed by atoms with E-state index in [0.717, 1.165) is 13.1 Å². The quantitative estimate of drug-likeness (QED) is 0.590. The van der Waals surface area contributed by atoms with E-state index in [0.29, 0.717) is 0 Å². The summed E-state index contributed by atoms with van der Waals surface area (Å²) in [6, 6.07) is 1.91. The second kappa shape index (κ2) is 4.56. The highest BCUT2D eigenvalue weighted by molar-refractivity contribution is 9.12. The zero-order chi connectivity index (χ0) is 9.14. The van der Waals surface area contributed by atoms with Crippen molar-refractivity contribution >= 4 is 66.1 Å². The van der Waals surface area contributed by atoms with Gasteiger partial charge in [-0.3, -0.25) is 4.79 Å². The Morgan fingerprint density at radius 3 is 2.67 bits per heavy atom. The van der Waals surface area contributed by atoms with Crippen LogP contribution in [0.3, 0.4) is 0 Å². The van der Waals surface area contributed by atoms with Crippen molar-refractivity contribution in [1.82, 2.24) is 0 Å². The predicted octanol–water partition coefficient (Wildman–Crippen LogP) is 4.05. The van der Waals surface area contributed by atoms with Gasteiger partial charge in [0.2, 0.25) is 5.24 Å². The number of allylic oxidation sites excluding steroid dienone is 1. The van der Waals surface area contributed by atoms with Gasteiger partial charge in [-0.25, -0.2) is 0 Å². The number of rotatable bonds is 2. The number of thiophene rings is 1. The average molecular weight is 330 g/mol. The molecule has 0 N–H and O–H groups in total. The van der Waals surface area contributed by atoms with Crippen LogP contribution in [0, 0.1) is 0 Å². The number of carbonyl (C=O) groups is 1. The summed E-state index contributed by atoms with van der Waals surface area (Å²) in [4.78, 5) is 10.4. The maximum Gasteiger partial charge on any atom is 0.245 e. The van der Waals surface area contributed by atoms with Gasteiger partial charge in [-0.05, 0) is 61.7 Å². The zero-order valence-corrected chi connectivity index (χ0v) is 10.4. The van der Waals surface area contributed by atoms with E-state index in [9.17, 15) is 4.79 Å². The minimum Gasteiger partial charge on any atom is -0.276 e. The van der Waals surface area contributed by atoms with Crippen LogP contribution in [0.4, 0.5) is 0 Å². The summed E-state index contributed by atoms with van der Waals surface area (Å²) in [5, 5.41) is -0.468. The molecule has 1 nitrogen and oxygen atoms in total. The summed E-state index contributed by atoms with van der Waals surface area (Å²) >= 11 is 13.4. The highest BCUT2D eigenvalue weighted by atomic mass is 79.9. The van der Waals surface area contributed by atoms with Crippen LogP contribution in [0.2, 0.25) is 0 Å². The van der Waals surface area contributed by atoms with Gasteiger partial charge in [0, 0.05) is 5.56 Å². The van der Waals surface area contributed by atoms with Gasteiger partial charge in [0.05, 0.1) is 7.57 Å². The van der Waals surface area contributed by atoms with Gasteiger partial charge >= 0.3 is 0 Å². The normalized spacial score (nSPS) is 10.9. The lowest BCUT2D eigenvalue weighted by molar-refractivity contribution is -0.107. The first-order valence-electron chi connectivity index (χ1n) is 2.92. The molecule has 1 aromatic rings. The number of hydrogen-bond acceptors (Lipinski definition) is 2. The zero-order valence-electron chi connectivity index (χ0n) is 5.68. The molecule has 0 amide bonds. The van der Waals surface area contributed by atoms with Crippen molar-refractivity contribution in [2.45, 2.75) is 0 Å². The lowest BCUT2D eigenvalue weighted by Gasteiger charge is -1.83. The number of halogens is 3. The van der Waals surface area contributed by atoms with Crippen molar-refractivity contribution in [2.75, 3.05) is 0 Å². The van der Waals surface area contributed by atoms with E-state index in [2.05, 4.69) is 31.9 Å². The van der Waals surface area contributed by atoms with Crippen molar-refractivity contribution in [3.63, 3.8) is 0 Å². The number of hydrogen-bond donors (Lipinski definition) is 0. The fourth-order valence-electron chi connectivity index (χ4n) is 0.622. The topological polar surface area (TPSA) is 17.1 Å². The lowest BCUT2D eigenvalue weighted by Crippen LogP contribution is -1.74. The lowest BCUT2D eigenvalue weighted by atomic mass is 10.3. The van der Waals surface area contributed by atoms with Gasteiger partial charge in [0.1, 0.15) is 0 Å². The maximum atomic E-state index is 10.4. The van der Waals surface area contributed by atoms with Crippen LogP contribution < -0.4 is 0 Å². The largest absolute Gasteiger partial charge is 0.276 e. The molecule has 1 heterocycles. The summed E-state index contributed by atoms with van der Waals surface area (Å²) in [5.41, 5.74) is 0.945. The van der Waals surface area contributed by atoms with Gasteiger partial charge in [0.15, 0.2) is 0 Å². The van der Waals surface area contributed by atoms with Crippen molar-refractivity contribution < 1.29 is 4.79 Å². The fraction of sp³-hybridized carbons (Fsp3) is 0. The highest BCUT2D eigenvalue weighted by Gasteiger charge is 2.01. The Balaban J connectivity index is 2.89. The molecule has 0 spiro atoms. The first kappa shape index (κ1) is 10.4. The molecule has 0 radical (unpaired) electrons. The third-order valence-corrected chi connectivity index (χ3v) is 3.59. The first-order chi connectivity index (χ1) is 5.59. The Labute approximate surface area is 95.7 Å². The summed E-state index contributed by atoms with van der Waals surface area (Å²) in [7, 11) is 0. The molecular formula is C7H3Br2ClOS. The minimum absolute atomic E-state index is 0.468. The third-order valence-electron chi connectivity index (χ3n) is 1.08. The van der Waals surface area contributed by atoms with Crippen LogP contribution >= 0.6 is 54.8 Å². The molecule has 0 atom stereocenters. The van der Waals surface area contributed by atoms with E-state index in [1.807, 2.05) is 6.07 Å². The van der Waals surface area contributed by atoms with Crippen LogP contribution in [0.5, 0.6) is 0 Å². The van der Waals surface area contributed by atoms with Crippen LogP contribution in [0.15, 0.2) is 19.7 Å². The standard InChI is InChI=1S/C7H3Br2ClOS/c8-5-3-4(7(9)12-5)1-2-6(10)11/h1-3H/b2-1+. The summed E-state index contributed by atoms with van der Waals surface area (Å²) in [5.74, 6) is 0. The Bertz CT molecular complexity index is 332. The van der Waals surface area contributed by atoms with Gasteiger partial charge in [0.25, 0.3) is 0 Å². The molecule has 1 rings (SSSR count). The molecule has 0 aromatic carbocycles. The molecule has 0 aliphatic rings. The smallest absolute Gasteiger partial charge is 0.245 e. The fourth-order valence-corrected chi connectivity index (χ4v) is 3.44. The van der Waals surface area contributed by atoms with Crippen LogP contribution in [0.25, 0.3) is 6.08 Å². The molecule has 5 heteroatoms. The Hall–Kier alpha value is 0.360. The summed E-state index contributed by atoms with van der Waals surface area (Å²) in [6.07, 6.45) is 2.99. The van der Waals surface area contributed by atoms with Crippen molar-refractivity contribution in [2.24, 2.45) is 0 Å². The monoisotopic (exact) mass is 328 g/mol. The summed E-state index contributed by atoms with van der Waals surface area (Å²) < 4.78 is 1.99. The van der Waals surface area contributed by atoms with Crippen molar-refractivity contribution in [3.8, 4) is 0 Å². The third kappa shape index (κ3) is 3.01. The second-order valence-electron chi connectivity index (χ2n) is 1.92. The van der Waals surface area contributed by atoms with E-state index in [-0.39, 0.29) is 0 Å². The van der Waals surface area contributed by atoms with Crippen molar-refractivity contribution in [3.05, 3.63) is 25.3 Å². The summed E-state index contributed by atoms with van der Waals surface area (Å²) in [6.45, 7) is 0. The molecule has 0 fully saturated rings. The van der Waals surface area contributed by atoms with Crippen molar-refractivity contribution in [1.29, 1.82) is 0 Å². The van der Waals surface area contributed by atoms with E-state index in [4.69, 9.17) is 11.6 Å². The molecule has 0 unspecified atom stereocenters. The van der Waals surface area contributed by atoms with E-state index in [1.165, 1.54) is 6.08 Å². The molecule has 0 saturated carbocycles. The molecule has 0 bridgehead atoms. The highest BCUT2D eigenvalue weighted by Crippen LogP contribution is 2.32. The molecule has 64 valence electrons. The van der Waals surface area contributed by atoms with E-state index < -0.39 is 5.24 Å². The van der Waals surface area contributed by atoms with E-state index >= 15 is 0 Å². The minimum atomic E-state index is -0.468. The Kier molecular flexibility index (Phi) is 3.96. The molecular weight excluding hydrogens is 327 g/mol. The molecule has 0 saturated heterocycles. The van der Waals surface area contributed by atoms with Gasteiger partial charge in [-0.1, -0.05) is 0 Å². The maximum absolute atomic E-state index is 10.4. The Morgan fingerprint density at radius 2 is 2.25 bits per heavy atom. The van der Waals surface area contributed by atoms with Crippen LogP contribution in [-0.4, -0.2) is 5.24 Å². The SMILES string of the molecule is O=C(Cl)/C=C/c1cc(Br)sc1Br. The van der Waals surface area contributed by atoms with Gasteiger partial charge < -0.3 is 0 Å². The molecule has 12 heavy (non-hydrogen) atoms. The second-order valence-corrected chi connectivity index (χ2v) is 6.04. The van der Waals surface area contributed by atoms with Gasteiger partial charge in [-0.2, -0.15) is 0 Å². The molecule has 1 aromatic heterocycles. The number of carbonyl (C=O) groups excluding carboxylic acids is 1. The molecule has 0 aliphatic heterocycles.